The molecule has 3 aromatic carbocycles. The molecule has 1 unspecified atom stereocenters. The number of fused-ring (bicyclic) bond motifs is 2. The quantitative estimate of drug-likeness (QED) is 0.211. The molecule has 44 heavy (non-hydrogen) atoms. The van der Waals surface area contributed by atoms with Crippen LogP contribution in [-0.4, -0.2) is 50.7 Å². The summed E-state index contributed by atoms with van der Waals surface area (Å²) in [6, 6.07) is 12.8. The van der Waals surface area contributed by atoms with Gasteiger partial charge in [-0.3, -0.25) is 9.59 Å². The number of benzene rings is 3. The largest absolute Gasteiger partial charge is 0.573 e. The lowest BCUT2D eigenvalue weighted by atomic mass is 9.99. The molecule has 9 nitrogen and oxygen atoms in total. The minimum absolute atomic E-state index is 0.0590. The third kappa shape index (κ3) is 6.91. The Morgan fingerprint density at radius 1 is 1.02 bits per heavy atom. The number of carbonyl (C=O) groups excluding carboxylic acids is 1. The van der Waals surface area contributed by atoms with Crippen LogP contribution in [0, 0.1) is 0 Å². The van der Waals surface area contributed by atoms with Crippen molar-refractivity contribution in [1.29, 1.82) is 0 Å². The molecule has 1 aliphatic heterocycles. The highest BCUT2D eigenvalue weighted by Gasteiger charge is 2.54. The molecular weight excluding hydrogens is 605 g/mol. The number of halogens is 4. The summed E-state index contributed by atoms with van der Waals surface area (Å²) in [4.78, 5) is 26.8. The van der Waals surface area contributed by atoms with Crippen molar-refractivity contribution in [3.63, 3.8) is 0 Å². The van der Waals surface area contributed by atoms with E-state index in [0.717, 1.165) is 18.4 Å². The van der Waals surface area contributed by atoms with E-state index in [4.69, 9.17) is 30.9 Å². The summed E-state index contributed by atoms with van der Waals surface area (Å²) in [5.74, 6) is -0.678. The summed E-state index contributed by atoms with van der Waals surface area (Å²) in [5, 5.41) is 12.5. The summed E-state index contributed by atoms with van der Waals surface area (Å²) in [7, 11) is 2.91. The standard InChI is InChI=1S/C31H30ClF3N2O7/c1-41-21-13-19(14-22(15-21)43-11-3-4-27(38)39)36-28(23-7-5-18(32)12-26(23)42-2)29(40)37-17-30(9-10-30)24-8-6-20(16-25(24)37)44-31(33,34)35/h5-8,12-16,28,36H,3-4,9-11,17H2,1-2H3,(H,38,39). The Bertz CT molecular complexity index is 1560. The second-order valence-electron chi connectivity index (χ2n) is 10.6. The van der Waals surface area contributed by atoms with Gasteiger partial charge in [-0.25, -0.2) is 0 Å². The number of nitrogens with zero attached hydrogens (tertiary/aromatic N) is 1. The lowest BCUT2D eigenvalue weighted by Crippen LogP contribution is -2.38. The number of carbonyl (C=O) groups is 2. The molecule has 234 valence electrons. The number of amides is 1. The van der Waals surface area contributed by atoms with E-state index in [1.54, 1.807) is 42.5 Å². The van der Waals surface area contributed by atoms with Crippen LogP contribution in [0.25, 0.3) is 0 Å². The van der Waals surface area contributed by atoms with Gasteiger partial charge in [-0.15, -0.1) is 13.2 Å². The van der Waals surface area contributed by atoms with Crippen LogP contribution in [0.2, 0.25) is 5.02 Å². The molecule has 2 aliphatic rings. The van der Waals surface area contributed by atoms with Gasteiger partial charge in [-0.1, -0.05) is 23.7 Å². The molecule has 0 aromatic heterocycles. The lowest BCUT2D eigenvalue weighted by molar-refractivity contribution is -0.274. The SMILES string of the molecule is COc1cc(NC(C(=O)N2CC3(CC3)c3ccc(OC(F)(F)F)cc32)c2ccc(Cl)cc2OC)cc(OCCCC(=O)O)c1. The average molecular weight is 635 g/mol. The van der Waals surface area contributed by atoms with Crippen LogP contribution < -0.4 is 29.2 Å². The molecule has 1 atom stereocenters. The molecule has 0 saturated heterocycles. The molecule has 1 aliphatic carbocycles. The fourth-order valence-corrected chi connectivity index (χ4v) is 5.58. The second-order valence-corrected chi connectivity index (χ2v) is 11.1. The highest BCUT2D eigenvalue weighted by Crippen LogP contribution is 2.57. The topological polar surface area (TPSA) is 107 Å². The molecule has 5 rings (SSSR count). The second kappa shape index (κ2) is 12.4. The van der Waals surface area contributed by atoms with E-state index >= 15 is 0 Å². The van der Waals surface area contributed by atoms with E-state index in [1.165, 1.54) is 31.3 Å². The number of methoxy groups -OCH3 is 2. The minimum atomic E-state index is -4.89. The maximum atomic E-state index is 14.5. The van der Waals surface area contributed by atoms with Gasteiger partial charge in [0.05, 0.1) is 26.5 Å². The molecule has 13 heteroatoms. The van der Waals surface area contributed by atoms with E-state index < -0.39 is 30.0 Å². The van der Waals surface area contributed by atoms with Gasteiger partial charge in [0.1, 0.15) is 29.0 Å². The van der Waals surface area contributed by atoms with Crippen LogP contribution in [-0.2, 0) is 15.0 Å². The number of rotatable bonds is 12. The van der Waals surface area contributed by atoms with Crippen molar-refractivity contribution < 1.29 is 46.8 Å². The maximum absolute atomic E-state index is 14.5. The highest BCUT2D eigenvalue weighted by atomic mass is 35.5. The molecule has 2 N–H and O–H groups in total. The molecule has 1 amide bonds. The Balaban J connectivity index is 1.52. The van der Waals surface area contributed by atoms with Crippen LogP contribution >= 0.6 is 11.6 Å². The fraction of sp³-hybridized carbons (Fsp3) is 0.355. The normalized spacial score (nSPS) is 15.4. The zero-order valence-electron chi connectivity index (χ0n) is 23.9. The van der Waals surface area contributed by atoms with Gasteiger partial charge >= 0.3 is 12.3 Å². The van der Waals surface area contributed by atoms with Gasteiger partial charge in [0, 0.05) is 58.9 Å². The molecule has 0 radical (unpaired) electrons. The summed E-state index contributed by atoms with van der Waals surface area (Å²) in [6.45, 7) is 0.433. The Morgan fingerprint density at radius 2 is 1.77 bits per heavy atom. The van der Waals surface area contributed by atoms with E-state index in [2.05, 4.69) is 10.1 Å². The Labute approximate surface area is 256 Å². The van der Waals surface area contributed by atoms with E-state index in [9.17, 15) is 22.8 Å². The average Bonchev–Trinajstić information content (AvgIpc) is 3.68. The maximum Gasteiger partial charge on any atom is 0.573 e. The van der Waals surface area contributed by atoms with Gasteiger partial charge < -0.3 is 34.3 Å². The van der Waals surface area contributed by atoms with Crippen LogP contribution in [0.5, 0.6) is 23.0 Å². The van der Waals surface area contributed by atoms with Crippen molar-refractivity contribution in [2.45, 2.75) is 43.5 Å². The number of hydrogen-bond acceptors (Lipinski definition) is 7. The predicted molar refractivity (Wildman–Crippen MR) is 156 cm³/mol. The van der Waals surface area contributed by atoms with Crippen LogP contribution in [0.3, 0.4) is 0 Å². The number of nitrogens with one attached hydrogen (secondary N) is 1. The first kappa shape index (κ1) is 31.1. The van der Waals surface area contributed by atoms with Gasteiger partial charge in [-0.2, -0.15) is 0 Å². The molecule has 3 aromatic rings. The first-order chi connectivity index (χ1) is 20.9. The van der Waals surface area contributed by atoms with E-state index in [-0.39, 0.29) is 24.9 Å². The number of aliphatic carboxylic acids is 1. The highest BCUT2D eigenvalue weighted by molar-refractivity contribution is 6.30. The zero-order valence-corrected chi connectivity index (χ0v) is 24.6. The van der Waals surface area contributed by atoms with Crippen molar-refractivity contribution in [2.24, 2.45) is 0 Å². The third-order valence-electron chi connectivity index (χ3n) is 7.63. The summed E-state index contributed by atoms with van der Waals surface area (Å²) >= 11 is 6.22. The Morgan fingerprint density at radius 3 is 2.43 bits per heavy atom. The smallest absolute Gasteiger partial charge is 0.497 e. The van der Waals surface area contributed by atoms with Crippen molar-refractivity contribution in [2.75, 3.05) is 37.6 Å². The summed E-state index contributed by atoms with van der Waals surface area (Å²) in [5.41, 5.74) is 1.68. The Kier molecular flexibility index (Phi) is 8.73. The molecule has 1 heterocycles. The number of carboxylic acids is 1. The van der Waals surface area contributed by atoms with Crippen molar-refractivity contribution in [3.8, 4) is 23.0 Å². The van der Waals surface area contributed by atoms with Gasteiger partial charge in [0.15, 0.2) is 0 Å². The van der Waals surface area contributed by atoms with Gasteiger partial charge in [0.25, 0.3) is 5.91 Å². The third-order valence-corrected chi connectivity index (χ3v) is 7.86. The van der Waals surface area contributed by atoms with Crippen molar-refractivity contribution >= 4 is 34.9 Å². The molecule has 0 bridgehead atoms. The fourth-order valence-electron chi connectivity index (χ4n) is 5.42. The number of alkyl halides is 3. The van der Waals surface area contributed by atoms with Crippen molar-refractivity contribution in [3.05, 3.63) is 70.7 Å². The monoisotopic (exact) mass is 634 g/mol. The predicted octanol–water partition coefficient (Wildman–Crippen LogP) is 6.73. The summed E-state index contributed by atoms with van der Waals surface area (Å²) in [6.07, 6.45) is -3.07. The lowest BCUT2D eigenvalue weighted by Gasteiger charge is -2.28. The van der Waals surface area contributed by atoms with Crippen LogP contribution in [0.1, 0.15) is 42.9 Å². The van der Waals surface area contributed by atoms with Crippen molar-refractivity contribution in [1.82, 2.24) is 0 Å². The first-order valence-electron chi connectivity index (χ1n) is 13.8. The van der Waals surface area contributed by atoms with Crippen LogP contribution in [0.4, 0.5) is 24.5 Å². The van der Waals surface area contributed by atoms with E-state index in [1.807, 2.05) is 0 Å². The van der Waals surface area contributed by atoms with Crippen LogP contribution in [0.15, 0.2) is 54.6 Å². The molecule has 1 fully saturated rings. The molecule has 1 spiro atoms. The number of carboxylic acid groups (broad SMARTS) is 1. The number of anilines is 2. The zero-order chi connectivity index (χ0) is 31.6. The number of ether oxygens (including phenoxy) is 4. The molecular formula is C31H30ClF3N2O7. The molecule has 1 saturated carbocycles. The van der Waals surface area contributed by atoms with Gasteiger partial charge in [-0.05, 0) is 43.0 Å². The van der Waals surface area contributed by atoms with Gasteiger partial charge in [0.2, 0.25) is 0 Å². The summed E-state index contributed by atoms with van der Waals surface area (Å²) < 4.78 is 60.1. The number of hydrogen-bond donors (Lipinski definition) is 2. The van der Waals surface area contributed by atoms with E-state index in [0.29, 0.717) is 45.8 Å². The Hall–Kier alpha value is -4.32. The first-order valence-corrected chi connectivity index (χ1v) is 14.1. The minimum Gasteiger partial charge on any atom is -0.497 e.